The van der Waals surface area contributed by atoms with Crippen LogP contribution in [0.4, 0.5) is 15.8 Å². The van der Waals surface area contributed by atoms with Gasteiger partial charge in [0.25, 0.3) is 0 Å². The molecule has 0 aromatic heterocycles. The Balaban J connectivity index is 1.41. The van der Waals surface area contributed by atoms with Gasteiger partial charge in [-0.15, -0.1) is 0 Å². The van der Waals surface area contributed by atoms with Crippen LogP contribution in [0.1, 0.15) is 12.8 Å². The number of carbonyl (C=O) groups excluding carboxylic acids is 1. The molecule has 0 aliphatic carbocycles. The van der Waals surface area contributed by atoms with E-state index in [1.807, 2.05) is 12.1 Å². The molecule has 10 heteroatoms. The molecule has 1 amide bonds. The van der Waals surface area contributed by atoms with Crippen LogP contribution in [-0.2, 0) is 14.8 Å². The number of piperazine rings is 1. The van der Waals surface area contributed by atoms with Crippen LogP contribution >= 0.6 is 11.6 Å². The summed E-state index contributed by atoms with van der Waals surface area (Å²) in [5, 5.41) is 3.58. The predicted molar refractivity (Wildman–Crippen MR) is 128 cm³/mol. The quantitative estimate of drug-likeness (QED) is 0.690. The lowest BCUT2D eigenvalue weighted by molar-refractivity contribution is -0.120. The van der Waals surface area contributed by atoms with Crippen LogP contribution in [-0.4, -0.2) is 69.8 Å². The number of benzene rings is 2. The molecular weight excluding hydrogens is 467 g/mol. The van der Waals surface area contributed by atoms with Crippen molar-refractivity contribution in [3.63, 3.8) is 0 Å². The van der Waals surface area contributed by atoms with Crippen LogP contribution in [0.5, 0.6) is 0 Å². The van der Waals surface area contributed by atoms with Crippen molar-refractivity contribution in [2.75, 3.05) is 56.5 Å². The third-order valence-corrected chi connectivity index (χ3v) is 8.48. The summed E-state index contributed by atoms with van der Waals surface area (Å²) >= 11 is 6.21. The Morgan fingerprint density at radius 2 is 1.64 bits per heavy atom. The maximum Gasteiger partial charge on any atom is 0.243 e. The Labute approximate surface area is 199 Å². The molecule has 0 spiro atoms. The van der Waals surface area contributed by atoms with Crippen molar-refractivity contribution in [2.24, 2.45) is 5.92 Å². The Bertz CT molecular complexity index is 1100. The molecule has 2 aliphatic heterocycles. The van der Waals surface area contributed by atoms with E-state index in [-0.39, 0.29) is 29.8 Å². The van der Waals surface area contributed by atoms with Gasteiger partial charge in [-0.3, -0.25) is 4.79 Å². The number of nitrogens with one attached hydrogen (secondary N) is 1. The molecule has 178 valence electrons. The fourth-order valence-corrected chi connectivity index (χ4v) is 5.92. The van der Waals surface area contributed by atoms with Crippen LogP contribution in [0.2, 0.25) is 5.02 Å². The Hall–Kier alpha value is -2.20. The number of rotatable bonds is 5. The fourth-order valence-electron chi connectivity index (χ4n) is 4.28. The van der Waals surface area contributed by atoms with Crippen LogP contribution in [0.25, 0.3) is 0 Å². The molecule has 1 N–H and O–H groups in total. The van der Waals surface area contributed by atoms with Crippen molar-refractivity contribution in [3.8, 4) is 0 Å². The summed E-state index contributed by atoms with van der Waals surface area (Å²) in [6.07, 6.45) is 0.827. The lowest BCUT2D eigenvalue weighted by Gasteiger charge is -2.35. The zero-order valence-electron chi connectivity index (χ0n) is 18.5. The van der Waals surface area contributed by atoms with E-state index in [0.29, 0.717) is 23.6 Å². The molecule has 0 saturated carbocycles. The minimum Gasteiger partial charge on any atom is -0.367 e. The number of halogens is 2. The van der Waals surface area contributed by atoms with Crippen molar-refractivity contribution in [2.45, 2.75) is 17.7 Å². The highest BCUT2D eigenvalue weighted by atomic mass is 35.5. The molecule has 0 atom stereocenters. The number of carbonyl (C=O) groups is 1. The standard InChI is InChI=1S/C23H28ClFN4O3S/c1-27-12-14-28(15-13-27)22-7-2-18(24)16-21(22)26-23(30)17-8-10-29(11-9-17)33(31,32)20-5-3-19(25)4-6-20/h2-7,16-17H,8-15H2,1H3,(H,26,30). The number of hydrogen-bond acceptors (Lipinski definition) is 5. The fraction of sp³-hybridized carbons (Fsp3) is 0.435. The number of anilines is 2. The van der Waals surface area contributed by atoms with Gasteiger partial charge in [0.15, 0.2) is 0 Å². The van der Waals surface area contributed by atoms with Gasteiger partial charge in [-0.2, -0.15) is 4.31 Å². The molecule has 2 aromatic carbocycles. The third-order valence-electron chi connectivity index (χ3n) is 6.34. The minimum absolute atomic E-state index is 0.0579. The van der Waals surface area contributed by atoms with Gasteiger partial charge in [-0.1, -0.05) is 11.6 Å². The topological polar surface area (TPSA) is 73.0 Å². The minimum atomic E-state index is -3.71. The van der Waals surface area contributed by atoms with Crippen molar-refractivity contribution >= 4 is 38.9 Å². The van der Waals surface area contributed by atoms with Gasteiger partial charge in [0.1, 0.15) is 5.82 Å². The molecule has 4 rings (SSSR count). The zero-order valence-corrected chi connectivity index (χ0v) is 20.1. The summed E-state index contributed by atoms with van der Waals surface area (Å²) < 4.78 is 40.2. The second kappa shape index (κ2) is 9.97. The molecule has 7 nitrogen and oxygen atoms in total. The van der Waals surface area contributed by atoms with Gasteiger partial charge >= 0.3 is 0 Å². The van der Waals surface area contributed by atoms with Gasteiger partial charge in [0.05, 0.1) is 16.3 Å². The second-order valence-electron chi connectivity index (χ2n) is 8.57. The molecule has 2 saturated heterocycles. The molecule has 0 radical (unpaired) electrons. The van der Waals surface area contributed by atoms with E-state index in [1.54, 1.807) is 6.07 Å². The summed E-state index contributed by atoms with van der Waals surface area (Å²) in [7, 11) is -1.62. The second-order valence-corrected chi connectivity index (χ2v) is 10.9. The van der Waals surface area contributed by atoms with Crippen molar-refractivity contribution in [1.29, 1.82) is 0 Å². The lowest BCUT2D eigenvalue weighted by Crippen LogP contribution is -2.45. The first-order valence-corrected chi connectivity index (χ1v) is 12.9. The molecule has 33 heavy (non-hydrogen) atoms. The summed E-state index contributed by atoms with van der Waals surface area (Å²) in [6, 6.07) is 10.3. The highest BCUT2D eigenvalue weighted by molar-refractivity contribution is 7.89. The van der Waals surface area contributed by atoms with Gasteiger partial charge in [0.2, 0.25) is 15.9 Å². The molecule has 2 aliphatic rings. The highest BCUT2D eigenvalue weighted by Crippen LogP contribution is 2.32. The summed E-state index contributed by atoms with van der Waals surface area (Å²) in [5.74, 6) is -0.920. The number of sulfonamides is 1. The normalized spacial score (nSPS) is 18.9. The number of hydrogen-bond donors (Lipinski definition) is 1. The SMILES string of the molecule is CN1CCN(c2ccc(Cl)cc2NC(=O)C2CCN(S(=O)(=O)c3ccc(F)cc3)CC2)CC1. The maximum atomic E-state index is 13.2. The van der Waals surface area contributed by atoms with E-state index in [4.69, 9.17) is 11.6 Å². The molecular formula is C23H28ClFN4O3S. The molecule has 2 aromatic rings. The van der Waals surface area contributed by atoms with Gasteiger partial charge < -0.3 is 15.1 Å². The summed E-state index contributed by atoms with van der Waals surface area (Å²) in [4.78, 5) is 17.6. The molecule has 2 heterocycles. The smallest absolute Gasteiger partial charge is 0.243 e. The van der Waals surface area contributed by atoms with Crippen LogP contribution in [0.3, 0.4) is 0 Å². The van der Waals surface area contributed by atoms with Crippen molar-refractivity contribution in [1.82, 2.24) is 9.21 Å². The van der Waals surface area contributed by atoms with Crippen LogP contribution in [0, 0.1) is 11.7 Å². The molecule has 0 unspecified atom stereocenters. The van der Waals surface area contributed by atoms with E-state index >= 15 is 0 Å². The first-order chi connectivity index (χ1) is 15.7. The van der Waals surface area contributed by atoms with E-state index < -0.39 is 15.8 Å². The van der Waals surface area contributed by atoms with E-state index in [9.17, 15) is 17.6 Å². The summed E-state index contributed by atoms with van der Waals surface area (Å²) in [5.41, 5.74) is 1.62. The monoisotopic (exact) mass is 494 g/mol. The van der Waals surface area contributed by atoms with Gasteiger partial charge in [0, 0.05) is 50.2 Å². The Morgan fingerprint density at radius 1 is 1.00 bits per heavy atom. The predicted octanol–water partition coefficient (Wildman–Crippen LogP) is 3.27. The van der Waals surface area contributed by atoms with E-state index in [0.717, 1.165) is 44.0 Å². The number of nitrogens with zero attached hydrogens (tertiary/aromatic N) is 3. The Kier molecular flexibility index (Phi) is 7.23. The van der Waals surface area contributed by atoms with Gasteiger partial charge in [-0.05, 0) is 62.4 Å². The van der Waals surface area contributed by atoms with Crippen LogP contribution in [0.15, 0.2) is 47.4 Å². The van der Waals surface area contributed by atoms with E-state index in [1.165, 1.54) is 16.4 Å². The average molecular weight is 495 g/mol. The first-order valence-electron chi connectivity index (χ1n) is 11.0. The largest absolute Gasteiger partial charge is 0.367 e. The molecule has 2 fully saturated rings. The Morgan fingerprint density at radius 3 is 2.27 bits per heavy atom. The zero-order chi connectivity index (χ0) is 23.6. The number of amides is 1. The maximum absolute atomic E-state index is 13.2. The van der Waals surface area contributed by atoms with Crippen molar-refractivity contribution in [3.05, 3.63) is 53.3 Å². The van der Waals surface area contributed by atoms with Crippen LogP contribution < -0.4 is 10.2 Å². The van der Waals surface area contributed by atoms with Crippen molar-refractivity contribution < 1.29 is 17.6 Å². The lowest BCUT2D eigenvalue weighted by atomic mass is 9.97. The molecule has 0 bridgehead atoms. The number of likely N-dealkylation sites (N-methyl/N-ethyl adjacent to an activating group) is 1. The third kappa shape index (κ3) is 5.48. The van der Waals surface area contributed by atoms with E-state index in [2.05, 4.69) is 22.2 Å². The highest BCUT2D eigenvalue weighted by Gasteiger charge is 2.32. The summed E-state index contributed by atoms with van der Waals surface area (Å²) in [6.45, 7) is 4.08. The number of piperidine rings is 1. The first kappa shape index (κ1) is 23.9. The van der Waals surface area contributed by atoms with Gasteiger partial charge in [-0.25, -0.2) is 12.8 Å². The average Bonchev–Trinajstić information content (AvgIpc) is 2.80.